The van der Waals surface area contributed by atoms with E-state index < -0.39 is 11.6 Å². The van der Waals surface area contributed by atoms with Crippen LogP contribution in [-0.4, -0.2) is 19.8 Å². The van der Waals surface area contributed by atoms with E-state index >= 15 is 0 Å². The number of benzene rings is 1. The van der Waals surface area contributed by atoms with Gasteiger partial charge >= 0.3 is 0 Å². The summed E-state index contributed by atoms with van der Waals surface area (Å²) in [6.45, 7) is 2.81. The average Bonchev–Trinajstić information content (AvgIpc) is 2.65. The molecule has 94 valence electrons. The topological polar surface area (TPSA) is 21.3 Å². The van der Waals surface area contributed by atoms with Gasteiger partial charge in [0, 0.05) is 12.7 Å². The lowest BCUT2D eigenvalue weighted by Gasteiger charge is -2.26. The number of halogens is 2. The predicted molar refractivity (Wildman–Crippen MR) is 61.7 cm³/mol. The van der Waals surface area contributed by atoms with Gasteiger partial charge in [-0.1, -0.05) is 6.92 Å². The summed E-state index contributed by atoms with van der Waals surface area (Å²) < 4.78 is 32.0. The van der Waals surface area contributed by atoms with Gasteiger partial charge in [-0.15, -0.1) is 0 Å². The van der Waals surface area contributed by atoms with Crippen LogP contribution < -0.4 is 5.32 Å². The van der Waals surface area contributed by atoms with E-state index in [-0.39, 0.29) is 12.1 Å². The first kappa shape index (κ1) is 12.5. The fourth-order valence-corrected chi connectivity index (χ4v) is 2.42. The summed E-state index contributed by atoms with van der Waals surface area (Å²) in [4.78, 5) is 0. The average molecular weight is 241 g/mol. The molecular formula is C13H17F2NO. The molecule has 0 radical (unpaired) electrons. The van der Waals surface area contributed by atoms with Crippen LogP contribution in [0.15, 0.2) is 18.2 Å². The lowest BCUT2D eigenvalue weighted by atomic mass is 9.92. The lowest BCUT2D eigenvalue weighted by Crippen LogP contribution is -2.32. The minimum absolute atomic E-state index is 0.0267. The molecule has 0 amide bonds. The number of nitrogens with one attached hydrogen (secondary N) is 1. The molecule has 1 N–H and O–H groups in total. The van der Waals surface area contributed by atoms with Crippen LogP contribution in [0.1, 0.15) is 24.9 Å². The maximum atomic E-state index is 13.2. The van der Waals surface area contributed by atoms with Crippen molar-refractivity contribution in [3.63, 3.8) is 0 Å². The molecule has 1 fully saturated rings. The quantitative estimate of drug-likeness (QED) is 0.878. The summed E-state index contributed by atoms with van der Waals surface area (Å²) in [5.41, 5.74) is 0.601. The number of hydrogen-bond donors (Lipinski definition) is 1. The molecule has 1 saturated heterocycles. The van der Waals surface area contributed by atoms with Gasteiger partial charge in [0.05, 0.1) is 12.1 Å². The van der Waals surface area contributed by atoms with E-state index in [2.05, 4.69) is 12.2 Å². The van der Waals surface area contributed by atoms with Gasteiger partial charge in [-0.2, -0.15) is 0 Å². The molecule has 0 spiro atoms. The largest absolute Gasteiger partial charge is 0.376 e. The zero-order chi connectivity index (χ0) is 12.4. The van der Waals surface area contributed by atoms with E-state index in [9.17, 15) is 8.78 Å². The highest BCUT2D eigenvalue weighted by Gasteiger charge is 2.32. The molecule has 1 aliphatic heterocycles. The van der Waals surface area contributed by atoms with Crippen LogP contribution in [-0.2, 0) is 4.74 Å². The summed E-state index contributed by atoms with van der Waals surface area (Å²) in [6.07, 6.45) is 0.960. The van der Waals surface area contributed by atoms with Crippen LogP contribution in [0, 0.1) is 17.6 Å². The zero-order valence-corrected chi connectivity index (χ0v) is 10.0. The normalized spacial score (nSPS) is 26.1. The maximum Gasteiger partial charge on any atom is 0.126 e. The lowest BCUT2D eigenvalue weighted by molar-refractivity contribution is 0.0629. The first-order valence-electron chi connectivity index (χ1n) is 5.86. The van der Waals surface area contributed by atoms with Crippen LogP contribution in [0.2, 0.25) is 0 Å². The standard InChI is InChI=1S/C13H17F2NO/c1-8-3-4-17-13(8)12(16-2)9-5-10(14)7-11(15)6-9/h5-8,12-13,16H,3-4H2,1-2H3. The van der Waals surface area contributed by atoms with Crippen LogP contribution in [0.3, 0.4) is 0 Å². The number of likely N-dealkylation sites (N-methyl/N-ethyl adjacent to an activating group) is 1. The Hall–Kier alpha value is -1.00. The SMILES string of the molecule is CNC(c1cc(F)cc(F)c1)C1OCCC1C. The molecule has 0 bridgehead atoms. The Labute approximate surface area is 100.0 Å². The summed E-state index contributed by atoms with van der Waals surface area (Å²) in [5, 5.41) is 3.09. The molecule has 2 nitrogen and oxygen atoms in total. The van der Waals surface area contributed by atoms with Crippen molar-refractivity contribution in [1.82, 2.24) is 5.32 Å². The van der Waals surface area contributed by atoms with E-state index in [0.29, 0.717) is 18.1 Å². The molecule has 17 heavy (non-hydrogen) atoms. The molecule has 1 aliphatic rings. The van der Waals surface area contributed by atoms with Crippen LogP contribution in [0.25, 0.3) is 0 Å². The molecule has 1 heterocycles. The summed E-state index contributed by atoms with van der Waals surface area (Å²) in [7, 11) is 1.78. The van der Waals surface area contributed by atoms with E-state index in [1.165, 1.54) is 12.1 Å². The minimum atomic E-state index is -0.550. The molecular weight excluding hydrogens is 224 g/mol. The van der Waals surface area contributed by atoms with E-state index in [0.717, 1.165) is 12.5 Å². The fourth-order valence-electron chi connectivity index (χ4n) is 2.42. The van der Waals surface area contributed by atoms with Crippen LogP contribution >= 0.6 is 0 Å². The molecule has 0 aromatic heterocycles. The molecule has 3 atom stereocenters. The molecule has 3 unspecified atom stereocenters. The molecule has 0 saturated carbocycles. The second-order valence-corrected chi connectivity index (χ2v) is 4.57. The minimum Gasteiger partial charge on any atom is -0.376 e. The van der Waals surface area contributed by atoms with Gasteiger partial charge in [0.1, 0.15) is 11.6 Å². The Bertz CT molecular complexity index is 377. The molecule has 0 aliphatic carbocycles. The van der Waals surface area contributed by atoms with Crippen molar-refractivity contribution in [2.24, 2.45) is 5.92 Å². The third kappa shape index (κ3) is 2.64. The highest BCUT2D eigenvalue weighted by atomic mass is 19.1. The molecule has 4 heteroatoms. The Morgan fingerprint density at radius 3 is 2.41 bits per heavy atom. The van der Waals surface area contributed by atoms with Gasteiger partial charge in [0.15, 0.2) is 0 Å². The first-order chi connectivity index (χ1) is 8.11. The summed E-state index contributed by atoms with van der Waals surface area (Å²) in [5.74, 6) is -0.712. The van der Waals surface area contributed by atoms with Gasteiger partial charge in [-0.3, -0.25) is 0 Å². The highest BCUT2D eigenvalue weighted by molar-refractivity contribution is 5.23. The fraction of sp³-hybridized carbons (Fsp3) is 0.538. The van der Waals surface area contributed by atoms with Crippen LogP contribution in [0.5, 0.6) is 0 Å². The van der Waals surface area contributed by atoms with Crippen molar-refractivity contribution in [3.05, 3.63) is 35.4 Å². The van der Waals surface area contributed by atoms with Crippen LogP contribution in [0.4, 0.5) is 8.78 Å². The van der Waals surface area contributed by atoms with Crippen molar-refractivity contribution in [3.8, 4) is 0 Å². The Kier molecular flexibility index (Phi) is 3.74. The first-order valence-corrected chi connectivity index (χ1v) is 5.86. The van der Waals surface area contributed by atoms with Gasteiger partial charge in [0.25, 0.3) is 0 Å². The predicted octanol–water partition coefficient (Wildman–Crippen LogP) is 2.65. The second kappa shape index (κ2) is 5.10. The number of hydrogen-bond acceptors (Lipinski definition) is 2. The van der Waals surface area contributed by atoms with Crippen molar-refractivity contribution in [2.75, 3.05) is 13.7 Å². The van der Waals surface area contributed by atoms with E-state index in [1.807, 2.05) is 0 Å². The van der Waals surface area contributed by atoms with Gasteiger partial charge in [-0.25, -0.2) is 8.78 Å². The van der Waals surface area contributed by atoms with Gasteiger partial charge in [0.2, 0.25) is 0 Å². The monoisotopic (exact) mass is 241 g/mol. The van der Waals surface area contributed by atoms with Crippen molar-refractivity contribution < 1.29 is 13.5 Å². The maximum absolute atomic E-state index is 13.2. The van der Waals surface area contributed by atoms with E-state index in [4.69, 9.17) is 4.74 Å². The third-order valence-electron chi connectivity index (χ3n) is 3.33. The van der Waals surface area contributed by atoms with E-state index in [1.54, 1.807) is 7.05 Å². The zero-order valence-electron chi connectivity index (χ0n) is 10.0. The van der Waals surface area contributed by atoms with Crippen molar-refractivity contribution in [2.45, 2.75) is 25.5 Å². The Morgan fingerprint density at radius 1 is 1.29 bits per heavy atom. The van der Waals surface area contributed by atoms with Crippen molar-refractivity contribution >= 4 is 0 Å². The summed E-state index contributed by atoms with van der Waals surface area (Å²) >= 11 is 0. The number of rotatable bonds is 3. The van der Waals surface area contributed by atoms with Crippen molar-refractivity contribution in [1.29, 1.82) is 0 Å². The third-order valence-corrected chi connectivity index (χ3v) is 3.33. The number of ether oxygens (including phenoxy) is 1. The van der Waals surface area contributed by atoms with Gasteiger partial charge < -0.3 is 10.1 Å². The molecule has 2 rings (SSSR count). The Morgan fingerprint density at radius 2 is 1.94 bits per heavy atom. The molecule has 1 aromatic rings. The highest BCUT2D eigenvalue weighted by Crippen LogP contribution is 2.31. The Balaban J connectivity index is 2.28. The summed E-state index contributed by atoms with van der Waals surface area (Å²) in [6, 6.07) is 3.43. The second-order valence-electron chi connectivity index (χ2n) is 4.57. The van der Waals surface area contributed by atoms with Gasteiger partial charge in [-0.05, 0) is 37.1 Å². The smallest absolute Gasteiger partial charge is 0.126 e. The molecule has 1 aromatic carbocycles.